The molecule has 0 radical (unpaired) electrons. The number of hydrogen-bond donors (Lipinski definition) is 2. The number of hydrogen-bond acceptors (Lipinski definition) is 3. The Hall–Kier alpha value is -2.56. The van der Waals surface area contributed by atoms with Crippen molar-refractivity contribution in [3.8, 4) is 0 Å². The Labute approximate surface area is 172 Å². The molecule has 2 N–H and O–H groups in total. The minimum Gasteiger partial charge on any atom is -0.384 e. The summed E-state index contributed by atoms with van der Waals surface area (Å²) in [6.45, 7) is 2.61. The van der Waals surface area contributed by atoms with Gasteiger partial charge in [-0.05, 0) is 35.4 Å². The predicted octanol–water partition coefficient (Wildman–Crippen LogP) is 5.89. The van der Waals surface area contributed by atoms with Crippen LogP contribution in [0.4, 0.5) is 11.4 Å². The van der Waals surface area contributed by atoms with Crippen LogP contribution in [0.2, 0.25) is 10.0 Å². The lowest BCUT2D eigenvalue weighted by Gasteiger charge is -2.15. The van der Waals surface area contributed by atoms with Gasteiger partial charge in [0, 0.05) is 18.5 Å². The number of ketones is 1. The second kappa shape index (κ2) is 7.46. The number of amides is 1. The third-order valence-electron chi connectivity index (χ3n) is 4.99. The Kier molecular flexibility index (Phi) is 5.00. The SMILES string of the molecule is CCNc1cc(Cl)c(Cl)cc1NC(=O)C[C@H]1C(=O)c2cccc3cccc1c23. The van der Waals surface area contributed by atoms with Crippen molar-refractivity contribution in [2.24, 2.45) is 0 Å². The van der Waals surface area contributed by atoms with Gasteiger partial charge in [0.25, 0.3) is 0 Å². The highest BCUT2D eigenvalue weighted by atomic mass is 35.5. The summed E-state index contributed by atoms with van der Waals surface area (Å²) >= 11 is 12.2. The molecule has 6 heteroatoms. The smallest absolute Gasteiger partial charge is 0.225 e. The maximum absolute atomic E-state index is 12.9. The number of nitrogens with one attached hydrogen (secondary N) is 2. The third kappa shape index (κ3) is 3.23. The van der Waals surface area contributed by atoms with E-state index in [1.165, 1.54) is 0 Å². The van der Waals surface area contributed by atoms with E-state index in [1.807, 2.05) is 43.3 Å². The van der Waals surface area contributed by atoms with E-state index >= 15 is 0 Å². The average Bonchev–Trinajstić information content (AvgIpc) is 2.94. The van der Waals surface area contributed by atoms with E-state index in [2.05, 4.69) is 10.6 Å². The summed E-state index contributed by atoms with van der Waals surface area (Å²) in [4.78, 5) is 25.7. The Balaban J connectivity index is 1.60. The normalized spacial score (nSPS) is 15.1. The highest BCUT2D eigenvalue weighted by Crippen LogP contribution is 2.40. The highest BCUT2D eigenvalue weighted by molar-refractivity contribution is 6.42. The topological polar surface area (TPSA) is 58.2 Å². The maximum atomic E-state index is 12.9. The largest absolute Gasteiger partial charge is 0.384 e. The fourth-order valence-electron chi connectivity index (χ4n) is 3.77. The van der Waals surface area contributed by atoms with Crippen LogP contribution in [-0.4, -0.2) is 18.2 Å². The molecule has 4 nitrogen and oxygen atoms in total. The van der Waals surface area contributed by atoms with Gasteiger partial charge in [-0.2, -0.15) is 0 Å². The molecule has 0 saturated carbocycles. The summed E-state index contributed by atoms with van der Waals surface area (Å²) in [5.41, 5.74) is 2.83. The van der Waals surface area contributed by atoms with Gasteiger partial charge in [0.2, 0.25) is 5.91 Å². The van der Waals surface area contributed by atoms with Crippen molar-refractivity contribution in [2.45, 2.75) is 19.3 Å². The van der Waals surface area contributed by atoms with Crippen LogP contribution in [0.25, 0.3) is 10.8 Å². The molecular weight excluding hydrogens is 395 g/mol. The molecule has 0 heterocycles. The Morgan fingerprint density at radius 3 is 2.43 bits per heavy atom. The average molecular weight is 413 g/mol. The molecule has 142 valence electrons. The van der Waals surface area contributed by atoms with E-state index in [0.29, 0.717) is 33.5 Å². The van der Waals surface area contributed by atoms with E-state index in [4.69, 9.17) is 23.2 Å². The zero-order chi connectivity index (χ0) is 19.8. The number of Topliss-reactive ketones (excluding diaryl/α,β-unsaturated/α-hetero) is 1. The second-order valence-corrected chi connectivity index (χ2v) is 7.58. The lowest BCUT2D eigenvalue weighted by molar-refractivity contribution is -0.116. The summed E-state index contributed by atoms with van der Waals surface area (Å²) in [6, 6.07) is 14.8. The Bertz CT molecular complexity index is 1110. The molecule has 0 saturated heterocycles. The molecule has 0 unspecified atom stereocenters. The first-order valence-electron chi connectivity index (χ1n) is 9.08. The van der Waals surface area contributed by atoms with Crippen LogP contribution in [0, 0.1) is 0 Å². The third-order valence-corrected chi connectivity index (χ3v) is 5.71. The van der Waals surface area contributed by atoms with E-state index in [-0.39, 0.29) is 18.1 Å². The van der Waals surface area contributed by atoms with Gasteiger partial charge in [-0.15, -0.1) is 0 Å². The Morgan fingerprint density at radius 2 is 1.71 bits per heavy atom. The number of rotatable bonds is 5. The van der Waals surface area contributed by atoms with Gasteiger partial charge in [0.1, 0.15) is 0 Å². The van der Waals surface area contributed by atoms with Gasteiger partial charge in [-0.25, -0.2) is 0 Å². The molecule has 1 atom stereocenters. The van der Waals surface area contributed by atoms with Crippen LogP contribution in [0.3, 0.4) is 0 Å². The van der Waals surface area contributed by atoms with Gasteiger partial charge >= 0.3 is 0 Å². The van der Waals surface area contributed by atoms with Crippen LogP contribution in [0.5, 0.6) is 0 Å². The highest BCUT2D eigenvalue weighted by Gasteiger charge is 2.34. The molecule has 1 aliphatic rings. The monoisotopic (exact) mass is 412 g/mol. The molecule has 1 amide bonds. The number of carbonyl (C=O) groups is 2. The molecule has 0 aromatic heterocycles. The number of anilines is 2. The van der Waals surface area contributed by atoms with Gasteiger partial charge in [-0.1, -0.05) is 59.6 Å². The van der Waals surface area contributed by atoms with Gasteiger partial charge in [0.15, 0.2) is 5.78 Å². The zero-order valence-electron chi connectivity index (χ0n) is 15.2. The van der Waals surface area contributed by atoms with Crippen molar-refractivity contribution in [2.75, 3.05) is 17.2 Å². The maximum Gasteiger partial charge on any atom is 0.225 e. The summed E-state index contributed by atoms with van der Waals surface area (Å²) in [6.07, 6.45) is 0.0679. The molecule has 3 aromatic rings. The minimum atomic E-state index is -0.480. The first-order valence-corrected chi connectivity index (χ1v) is 9.83. The van der Waals surface area contributed by atoms with Gasteiger partial charge < -0.3 is 10.6 Å². The molecule has 0 bridgehead atoms. The number of carbonyl (C=O) groups excluding carboxylic acids is 2. The van der Waals surface area contributed by atoms with Gasteiger partial charge in [0.05, 0.1) is 27.3 Å². The van der Waals surface area contributed by atoms with E-state index in [0.717, 1.165) is 16.3 Å². The molecule has 1 aliphatic carbocycles. The van der Waals surface area contributed by atoms with Crippen molar-refractivity contribution >= 4 is 57.0 Å². The van der Waals surface area contributed by atoms with Crippen LogP contribution >= 0.6 is 23.2 Å². The van der Waals surface area contributed by atoms with Crippen LogP contribution in [0.15, 0.2) is 48.5 Å². The molecular formula is C22H18Cl2N2O2. The van der Waals surface area contributed by atoms with Crippen molar-refractivity contribution in [3.63, 3.8) is 0 Å². The quantitative estimate of drug-likeness (QED) is 0.549. The molecule has 0 spiro atoms. The second-order valence-electron chi connectivity index (χ2n) is 6.76. The zero-order valence-corrected chi connectivity index (χ0v) is 16.7. The van der Waals surface area contributed by atoms with Crippen LogP contribution in [-0.2, 0) is 4.79 Å². The summed E-state index contributed by atoms with van der Waals surface area (Å²) in [5.74, 6) is -0.741. The first kappa shape index (κ1) is 18.8. The van der Waals surface area contributed by atoms with Crippen molar-refractivity contribution in [1.82, 2.24) is 0 Å². The predicted molar refractivity (Wildman–Crippen MR) is 115 cm³/mol. The summed E-state index contributed by atoms with van der Waals surface area (Å²) in [5, 5.41) is 8.76. The van der Waals surface area contributed by atoms with E-state index in [9.17, 15) is 9.59 Å². The first-order chi connectivity index (χ1) is 13.5. The molecule has 4 rings (SSSR count). The van der Waals surface area contributed by atoms with E-state index in [1.54, 1.807) is 12.1 Å². The van der Waals surface area contributed by atoms with Gasteiger partial charge in [-0.3, -0.25) is 9.59 Å². The molecule has 0 aliphatic heterocycles. The van der Waals surface area contributed by atoms with Crippen LogP contribution < -0.4 is 10.6 Å². The number of benzene rings is 3. The minimum absolute atomic E-state index is 0.0111. The lowest BCUT2D eigenvalue weighted by atomic mass is 9.95. The van der Waals surface area contributed by atoms with Crippen molar-refractivity contribution in [3.05, 3.63) is 69.7 Å². The molecule has 3 aromatic carbocycles. The number of halogens is 2. The van der Waals surface area contributed by atoms with Crippen molar-refractivity contribution < 1.29 is 9.59 Å². The van der Waals surface area contributed by atoms with Crippen molar-refractivity contribution in [1.29, 1.82) is 0 Å². The summed E-state index contributed by atoms with van der Waals surface area (Å²) < 4.78 is 0. The fraction of sp³-hybridized carbons (Fsp3) is 0.182. The van der Waals surface area contributed by atoms with E-state index < -0.39 is 5.92 Å². The Morgan fingerprint density at radius 1 is 1.04 bits per heavy atom. The molecule has 28 heavy (non-hydrogen) atoms. The summed E-state index contributed by atoms with van der Waals surface area (Å²) in [7, 11) is 0. The standard InChI is InChI=1S/C22H18Cl2N2O2/c1-2-25-18-10-16(23)17(24)11-19(18)26-20(27)9-15-13-7-3-5-12-6-4-8-14(21(12)13)22(15)28/h3-8,10-11,15,25H,2,9H2,1H3,(H,26,27)/t15-/m1/s1. The fourth-order valence-corrected chi connectivity index (χ4v) is 4.10. The molecule has 0 fully saturated rings. The lowest BCUT2D eigenvalue weighted by Crippen LogP contribution is -2.19. The van der Waals surface area contributed by atoms with Crippen LogP contribution in [0.1, 0.15) is 35.2 Å².